The van der Waals surface area contributed by atoms with Gasteiger partial charge in [-0.25, -0.2) is 8.42 Å². The molecule has 1 aliphatic rings. The maximum atomic E-state index is 13.0. The van der Waals surface area contributed by atoms with E-state index < -0.39 is 16.1 Å². The number of aryl methyl sites for hydroxylation is 2. The zero-order valence-electron chi connectivity index (χ0n) is 18.0. The van der Waals surface area contributed by atoms with E-state index in [2.05, 4.69) is 23.5 Å². The van der Waals surface area contributed by atoms with Crippen LogP contribution in [0.5, 0.6) is 5.75 Å². The number of hydrogen-bond donors (Lipinski definition) is 1. The number of carbonyl (C=O) groups is 1. The van der Waals surface area contributed by atoms with E-state index in [0.717, 1.165) is 29.0 Å². The third kappa shape index (κ3) is 4.95. The molecule has 0 bridgehead atoms. The van der Waals surface area contributed by atoms with Gasteiger partial charge in [0.15, 0.2) is 0 Å². The fourth-order valence-electron chi connectivity index (χ4n) is 4.00. The van der Waals surface area contributed by atoms with Crippen molar-refractivity contribution in [3.8, 4) is 5.75 Å². The van der Waals surface area contributed by atoms with E-state index in [1.807, 2.05) is 6.92 Å². The van der Waals surface area contributed by atoms with Gasteiger partial charge in [0.1, 0.15) is 11.8 Å². The highest BCUT2D eigenvalue weighted by Gasteiger charge is 2.30. The lowest BCUT2D eigenvalue weighted by molar-refractivity contribution is -0.122. The number of ether oxygens (including phenoxy) is 1. The summed E-state index contributed by atoms with van der Waals surface area (Å²) in [5.74, 6) is 0.171. The third-order valence-electron chi connectivity index (χ3n) is 5.63. The highest BCUT2D eigenvalue weighted by Crippen LogP contribution is 2.27. The van der Waals surface area contributed by atoms with Gasteiger partial charge in [-0.1, -0.05) is 24.3 Å². The van der Waals surface area contributed by atoms with E-state index in [1.54, 1.807) is 31.2 Å². The SMILES string of the molecule is COc1cccc(N([C@H](C)C(=O)N[C@H](C)c2ccc3c(c2)CCCC3)S(C)(=O)=O)c1. The average Bonchev–Trinajstić information content (AvgIpc) is 2.72. The minimum Gasteiger partial charge on any atom is -0.497 e. The largest absolute Gasteiger partial charge is 0.497 e. The van der Waals surface area contributed by atoms with Crippen LogP contribution in [0.4, 0.5) is 5.69 Å². The lowest BCUT2D eigenvalue weighted by Crippen LogP contribution is -2.48. The molecule has 0 unspecified atom stereocenters. The monoisotopic (exact) mass is 430 g/mol. The molecule has 0 aliphatic heterocycles. The van der Waals surface area contributed by atoms with Crippen LogP contribution in [0.2, 0.25) is 0 Å². The van der Waals surface area contributed by atoms with Gasteiger partial charge in [-0.3, -0.25) is 9.10 Å². The number of benzene rings is 2. The van der Waals surface area contributed by atoms with E-state index in [0.29, 0.717) is 11.4 Å². The molecule has 7 heteroatoms. The molecule has 162 valence electrons. The molecule has 2 atom stereocenters. The topological polar surface area (TPSA) is 75.7 Å². The van der Waals surface area contributed by atoms with Gasteiger partial charge in [-0.2, -0.15) is 0 Å². The Kier molecular flexibility index (Phi) is 6.71. The Morgan fingerprint density at radius 3 is 2.43 bits per heavy atom. The first-order valence-electron chi connectivity index (χ1n) is 10.3. The van der Waals surface area contributed by atoms with E-state index in [9.17, 15) is 13.2 Å². The van der Waals surface area contributed by atoms with Crippen molar-refractivity contribution in [2.75, 3.05) is 17.7 Å². The zero-order valence-corrected chi connectivity index (χ0v) is 18.8. The van der Waals surface area contributed by atoms with Crippen molar-refractivity contribution in [2.45, 2.75) is 51.6 Å². The first-order valence-corrected chi connectivity index (χ1v) is 12.1. The Labute approximate surface area is 179 Å². The molecule has 0 heterocycles. The molecule has 0 aromatic heterocycles. The van der Waals surface area contributed by atoms with Crippen molar-refractivity contribution >= 4 is 21.6 Å². The zero-order chi connectivity index (χ0) is 21.9. The Balaban J connectivity index is 1.80. The molecule has 0 radical (unpaired) electrons. The van der Waals surface area contributed by atoms with Crippen LogP contribution in [0.1, 0.15) is 49.4 Å². The molecule has 1 N–H and O–H groups in total. The molecule has 0 fully saturated rings. The van der Waals surface area contributed by atoms with E-state index in [-0.39, 0.29) is 11.9 Å². The summed E-state index contributed by atoms with van der Waals surface area (Å²) in [6.07, 6.45) is 5.69. The van der Waals surface area contributed by atoms with Crippen LogP contribution in [0.15, 0.2) is 42.5 Å². The van der Waals surface area contributed by atoms with Crippen molar-refractivity contribution in [1.82, 2.24) is 5.32 Å². The highest BCUT2D eigenvalue weighted by atomic mass is 32.2. The number of nitrogens with zero attached hydrogens (tertiary/aromatic N) is 1. The number of carbonyl (C=O) groups excluding carboxylic acids is 1. The highest BCUT2D eigenvalue weighted by molar-refractivity contribution is 7.92. The lowest BCUT2D eigenvalue weighted by atomic mass is 9.89. The second-order valence-electron chi connectivity index (χ2n) is 7.90. The smallest absolute Gasteiger partial charge is 0.244 e. The summed E-state index contributed by atoms with van der Waals surface area (Å²) < 4.78 is 31.3. The third-order valence-corrected chi connectivity index (χ3v) is 6.87. The molecule has 6 nitrogen and oxygen atoms in total. The van der Waals surface area contributed by atoms with Gasteiger partial charge in [-0.15, -0.1) is 0 Å². The maximum Gasteiger partial charge on any atom is 0.244 e. The standard InChI is InChI=1S/C23H30N2O4S/c1-16(19-13-12-18-8-5-6-9-20(18)14-19)24-23(26)17(2)25(30(4,27)28)21-10-7-11-22(15-21)29-3/h7,10-17H,5-6,8-9H2,1-4H3,(H,24,26)/t16-,17-/m1/s1. The number of amides is 1. The summed E-state index contributed by atoms with van der Waals surface area (Å²) in [4.78, 5) is 13.0. The molecule has 0 saturated carbocycles. The first kappa shape index (κ1) is 22.2. The molecule has 1 amide bonds. The number of nitrogens with one attached hydrogen (secondary N) is 1. The predicted molar refractivity (Wildman–Crippen MR) is 119 cm³/mol. The van der Waals surface area contributed by atoms with Gasteiger partial charge in [0.25, 0.3) is 0 Å². The lowest BCUT2D eigenvalue weighted by Gasteiger charge is -2.29. The molecule has 3 rings (SSSR count). The van der Waals surface area contributed by atoms with Crippen LogP contribution in [0.25, 0.3) is 0 Å². The van der Waals surface area contributed by atoms with Crippen molar-refractivity contribution in [1.29, 1.82) is 0 Å². The van der Waals surface area contributed by atoms with Crippen LogP contribution in [0.3, 0.4) is 0 Å². The minimum absolute atomic E-state index is 0.223. The van der Waals surface area contributed by atoms with E-state index in [1.165, 1.54) is 31.1 Å². The van der Waals surface area contributed by atoms with Gasteiger partial charge in [0.05, 0.1) is 25.1 Å². The number of hydrogen-bond acceptors (Lipinski definition) is 4. The van der Waals surface area contributed by atoms with Crippen LogP contribution in [0, 0.1) is 0 Å². The van der Waals surface area contributed by atoms with Crippen molar-refractivity contribution in [3.05, 3.63) is 59.2 Å². The molecule has 2 aromatic carbocycles. The predicted octanol–water partition coefficient (Wildman–Crippen LogP) is 3.61. The molecular weight excluding hydrogens is 400 g/mol. The maximum absolute atomic E-state index is 13.0. The Morgan fingerprint density at radius 1 is 1.07 bits per heavy atom. The Hall–Kier alpha value is -2.54. The summed E-state index contributed by atoms with van der Waals surface area (Å²) >= 11 is 0. The number of methoxy groups -OCH3 is 1. The van der Waals surface area contributed by atoms with Gasteiger partial charge in [0, 0.05) is 6.07 Å². The van der Waals surface area contributed by atoms with Crippen LogP contribution in [-0.4, -0.2) is 33.7 Å². The summed E-state index contributed by atoms with van der Waals surface area (Å²) in [7, 11) is -2.17. The van der Waals surface area contributed by atoms with E-state index >= 15 is 0 Å². The summed E-state index contributed by atoms with van der Waals surface area (Å²) in [5.41, 5.74) is 4.16. The number of anilines is 1. The Bertz CT molecular complexity index is 1020. The second kappa shape index (κ2) is 9.08. The van der Waals surface area contributed by atoms with Crippen molar-refractivity contribution < 1.29 is 17.9 Å². The summed E-state index contributed by atoms with van der Waals surface area (Å²) in [6.45, 7) is 3.51. The number of rotatable bonds is 7. The molecule has 0 saturated heterocycles. The normalized spacial score (nSPS) is 15.6. The van der Waals surface area contributed by atoms with Gasteiger partial charge in [0.2, 0.25) is 15.9 Å². The van der Waals surface area contributed by atoms with E-state index in [4.69, 9.17) is 4.74 Å². The van der Waals surface area contributed by atoms with Crippen LogP contribution >= 0.6 is 0 Å². The number of fused-ring (bicyclic) bond motifs is 1. The van der Waals surface area contributed by atoms with Gasteiger partial charge >= 0.3 is 0 Å². The molecule has 0 spiro atoms. The van der Waals surface area contributed by atoms with Gasteiger partial charge in [-0.05, 0) is 68.4 Å². The Morgan fingerprint density at radius 2 is 1.77 bits per heavy atom. The fourth-order valence-corrected chi connectivity index (χ4v) is 5.16. The summed E-state index contributed by atoms with van der Waals surface area (Å²) in [6, 6.07) is 11.9. The second-order valence-corrected chi connectivity index (χ2v) is 9.76. The van der Waals surface area contributed by atoms with Crippen LogP contribution < -0.4 is 14.4 Å². The molecular formula is C23H30N2O4S. The minimum atomic E-state index is -3.68. The fraction of sp³-hybridized carbons (Fsp3) is 0.435. The average molecular weight is 431 g/mol. The number of sulfonamides is 1. The summed E-state index contributed by atoms with van der Waals surface area (Å²) in [5, 5.41) is 2.98. The quantitative estimate of drug-likeness (QED) is 0.728. The molecule has 30 heavy (non-hydrogen) atoms. The van der Waals surface area contributed by atoms with Crippen molar-refractivity contribution in [2.24, 2.45) is 0 Å². The van der Waals surface area contributed by atoms with Gasteiger partial charge < -0.3 is 10.1 Å². The molecule has 1 aliphatic carbocycles. The first-order chi connectivity index (χ1) is 14.2. The van der Waals surface area contributed by atoms with Crippen molar-refractivity contribution in [3.63, 3.8) is 0 Å². The molecule has 2 aromatic rings. The van der Waals surface area contributed by atoms with Crippen LogP contribution in [-0.2, 0) is 27.7 Å².